The highest BCUT2D eigenvalue weighted by Gasteiger charge is 2.25. The fourth-order valence-electron chi connectivity index (χ4n) is 4.76. The molecule has 2 aliphatic heterocycles. The molecule has 0 bridgehead atoms. The Morgan fingerprint density at radius 3 is 2.43 bits per heavy atom. The van der Waals surface area contributed by atoms with Gasteiger partial charge in [0.05, 0.1) is 0 Å². The molecule has 2 aliphatic rings. The Bertz CT molecular complexity index is 607. The monoisotopic (exact) mass is 385 g/mol. The van der Waals surface area contributed by atoms with Crippen molar-refractivity contribution < 1.29 is 4.79 Å². The van der Waals surface area contributed by atoms with Crippen LogP contribution in [0.5, 0.6) is 0 Å². The molecular weight excluding hydrogens is 346 g/mol. The highest BCUT2D eigenvalue weighted by atomic mass is 16.2. The van der Waals surface area contributed by atoms with Crippen molar-refractivity contribution in [1.29, 1.82) is 0 Å². The first-order valence-electron chi connectivity index (χ1n) is 11.3. The van der Waals surface area contributed by atoms with Gasteiger partial charge in [-0.1, -0.05) is 31.2 Å². The zero-order valence-electron chi connectivity index (χ0n) is 18.2. The number of amides is 1. The zero-order chi connectivity index (χ0) is 19.9. The summed E-state index contributed by atoms with van der Waals surface area (Å²) in [4.78, 5) is 19.7. The van der Waals surface area contributed by atoms with E-state index in [0.717, 1.165) is 51.9 Å². The number of rotatable bonds is 7. The number of carbonyl (C=O) groups excluding carboxylic acids is 1. The molecule has 1 atom stereocenters. The second kappa shape index (κ2) is 10.4. The van der Waals surface area contributed by atoms with E-state index < -0.39 is 0 Å². The second-order valence-corrected chi connectivity index (χ2v) is 8.99. The third kappa shape index (κ3) is 6.05. The van der Waals surface area contributed by atoms with E-state index in [0.29, 0.717) is 24.3 Å². The lowest BCUT2D eigenvalue weighted by atomic mass is 9.92. The molecule has 28 heavy (non-hydrogen) atoms. The first-order valence-corrected chi connectivity index (χ1v) is 11.3. The first-order chi connectivity index (χ1) is 13.5. The van der Waals surface area contributed by atoms with Gasteiger partial charge in [-0.3, -0.25) is 9.69 Å². The molecule has 2 heterocycles. The molecule has 4 nitrogen and oxygen atoms in total. The van der Waals surface area contributed by atoms with Crippen LogP contribution in [0.4, 0.5) is 0 Å². The van der Waals surface area contributed by atoms with Crippen molar-refractivity contribution >= 4 is 5.91 Å². The minimum absolute atomic E-state index is 0.349. The number of benzene rings is 1. The highest BCUT2D eigenvalue weighted by molar-refractivity contribution is 5.76. The van der Waals surface area contributed by atoms with Gasteiger partial charge in [0, 0.05) is 32.6 Å². The van der Waals surface area contributed by atoms with Gasteiger partial charge < -0.3 is 9.80 Å². The largest absolute Gasteiger partial charge is 0.343 e. The van der Waals surface area contributed by atoms with Crippen molar-refractivity contribution in [3.63, 3.8) is 0 Å². The van der Waals surface area contributed by atoms with E-state index >= 15 is 0 Å². The Kier molecular flexibility index (Phi) is 7.92. The highest BCUT2D eigenvalue weighted by Crippen LogP contribution is 2.24. The number of hydrogen-bond acceptors (Lipinski definition) is 3. The van der Waals surface area contributed by atoms with Gasteiger partial charge in [0.25, 0.3) is 0 Å². The molecule has 0 N–H and O–H groups in total. The van der Waals surface area contributed by atoms with Crippen LogP contribution in [-0.2, 0) is 17.8 Å². The van der Waals surface area contributed by atoms with E-state index in [4.69, 9.17) is 0 Å². The predicted molar refractivity (Wildman–Crippen MR) is 116 cm³/mol. The van der Waals surface area contributed by atoms with Crippen LogP contribution in [0.1, 0.15) is 56.6 Å². The summed E-state index contributed by atoms with van der Waals surface area (Å²) in [7, 11) is 4.19. The molecular formula is C24H39N3O. The lowest BCUT2D eigenvalue weighted by Crippen LogP contribution is -2.44. The molecule has 4 heteroatoms. The van der Waals surface area contributed by atoms with Crippen molar-refractivity contribution in [3.05, 3.63) is 35.4 Å². The summed E-state index contributed by atoms with van der Waals surface area (Å²) in [5.74, 6) is 1.01. The topological polar surface area (TPSA) is 26.8 Å². The molecule has 0 saturated carbocycles. The molecule has 0 aromatic heterocycles. The molecule has 0 radical (unpaired) electrons. The SMILES string of the molecule is CCc1ccc(CN2CCC[C@H](CCC(=O)N(C)C3CCN(C)CC3)C2)cc1. The minimum atomic E-state index is 0.349. The Hall–Kier alpha value is -1.39. The van der Waals surface area contributed by atoms with Gasteiger partial charge in [0.2, 0.25) is 5.91 Å². The summed E-state index contributed by atoms with van der Waals surface area (Å²) < 4.78 is 0. The maximum atomic E-state index is 12.7. The van der Waals surface area contributed by atoms with Crippen LogP contribution in [0.2, 0.25) is 0 Å². The first kappa shape index (κ1) is 21.3. The molecule has 1 aromatic rings. The minimum Gasteiger partial charge on any atom is -0.343 e. The molecule has 2 saturated heterocycles. The summed E-state index contributed by atoms with van der Waals surface area (Å²) >= 11 is 0. The molecule has 0 spiro atoms. The third-order valence-electron chi connectivity index (χ3n) is 6.84. The fourth-order valence-corrected chi connectivity index (χ4v) is 4.76. The summed E-state index contributed by atoms with van der Waals surface area (Å²) in [5.41, 5.74) is 2.82. The van der Waals surface area contributed by atoms with Crippen LogP contribution in [-0.4, -0.2) is 66.9 Å². The molecule has 1 aromatic carbocycles. The molecule has 3 rings (SSSR count). The number of aryl methyl sites for hydroxylation is 1. The van der Waals surface area contributed by atoms with Crippen LogP contribution in [0.25, 0.3) is 0 Å². The molecule has 1 amide bonds. The summed E-state index contributed by atoms with van der Waals surface area (Å²) in [6.45, 7) is 7.80. The molecule has 0 unspecified atom stereocenters. The van der Waals surface area contributed by atoms with Gasteiger partial charge >= 0.3 is 0 Å². The summed E-state index contributed by atoms with van der Waals surface area (Å²) in [6.07, 6.45) is 7.63. The third-order valence-corrected chi connectivity index (χ3v) is 6.84. The van der Waals surface area contributed by atoms with Gasteiger partial charge in [-0.2, -0.15) is 0 Å². The zero-order valence-corrected chi connectivity index (χ0v) is 18.2. The number of likely N-dealkylation sites (tertiary alicyclic amines) is 2. The van der Waals surface area contributed by atoms with Crippen molar-refractivity contribution in [2.24, 2.45) is 5.92 Å². The standard InChI is InChI=1S/C24H39N3O/c1-4-20-7-9-22(10-8-20)19-27-15-5-6-21(18-27)11-12-24(28)26(3)23-13-16-25(2)17-14-23/h7-10,21,23H,4-6,11-19H2,1-3H3/t21-/m1/s1. The average molecular weight is 386 g/mol. The number of hydrogen-bond donors (Lipinski definition) is 0. The molecule has 156 valence electrons. The van der Waals surface area contributed by atoms with Gasteiger partial charge in [-0.15, -0.1) is 0 Å². The maximum absolute atomic E-state index is 12.7. The summed E-state index contributed by atoms with van der Waals surface area (Å²) in [5, 5.41) is 0. The van der Waals surface area contributed by atoms with E-state index in [2.05, 4.69) is 48.0 Å². The summed E-state index contributed by atoms with van der Waals surface area (Å²) in [6, 6.07) is 9.52. The van der Waals surface area contributed by atoms with Gasteiger partial charge in [-0.05, 0) is 82.3 Å². The smallest absolute Gasteiger partial charge is 0.222 e. The van der Waals surface area contributed by atoms with E-state index in [1.165, 1.54) is 30.5 Å². The van der Waals surface area contributed by atoms with Gasteiger partial charge in [0.1, 0.15) is 0 Å². The predicted octanol–water partition coefficient (Wildman–Crippen LogP) is 3.79. The maximum Gasteiger partial charge on any atom is 0.222 e. The Balaban J connectivity index is 1.42. The lowest BCUT2D eigenvalue weighted by Gasteiger charge is -2.36. The van der Waals surface area contributed by atoms with Crippen LogP contribution >= 0.6 is 0 Å². The van der Waals surface area contributed by atoms with Crippen LogP contribution in [0, 0.1) is 5.92 Å². The van der Waals surface area contributed by atoms with E-state index in [9.17, 15) is 4.79 Å². The molecule has 0 aliphatic carbocycles. The number of nitrogens with zero attached hydrogens (tertiary/aromatic N) is 3. The van der Waals surface area contributed by atoms with Crippen LogP contribution < -0.4 is 0 Å². The Morgan fingerprint density at radius 2 is 1.75 bits per heavy atom. The van der Waals surface area contributed by atoms with Crippen molar-refractivity contribution in [3.8, 4) is 0 Å². The van der Waals surface area contributed by atoms with Crippen LogP contribution in [0.15, 0.2) is 24.3 Å². The quantitative estimate of drug-likeness (QED) is 0.714. The second-order valence-electron chi connectivity index (χ2n) is 8.99. The van der Waals surface area contributed by atoms with Crippen LogP contribution in [0.3, 0.4) is 0 Å². The van der Waals surface area contributed by atoms with Crippen molar-refractivity contribution in [2.75, 3.05) is 40.3 Å². The van der Waals surface area contributed by atoms with Crippen molar-refractivity contribution in [2.45, 2.75) is 64.5 Å². The van der Waals surface area contributed by atoms with E-state index in [-0.39, 0.29) is 0 Å². The number of carbonyl (C=O) groups is 1. The Morgan fingerprint density at radius 1 is 1.07 bits per heavy atom. The van der Waals surface area contributed by atoms with E-state index in [1.54, 1.807) is 0 Å². The number of piperidine rings is 2. The lowest BCUT2D eigenvalue weighted by molar-refractivity contribution is -0.133. The van der Waals surface area contributed by atoms with Gasteiger partial charge in [-0.25, -0.2) is 0 Å². The Labute approximate surface area is 171 Å². The average Bonchev–Trinajstić information content (AvgIpc) is 2.73. The van der Waals surface area contributed by atoms with E-state index in [1.807, 2.05) is 11.9 Å². The fraction of sp³-hybridized carbons (Fsp3) is 0.708. The van der Waals surface area contributed by atoms with Crippen molar-refractivity contribution in [1.82, 2.24) is 14.7 Å². The van der Waals surface area contributed by atoms with Gasteiger partial charge in [0.15, 0.2) is 0 Å². The normalized spacial score (nSPS) is 22.3. The molecule has 2 fully saturated rings.